The van der Waals surface area contributed by atoms with E-state index in [0.717, 1.165) is 18.2 Å². The van der Waals surface area contributed by atoms with Crippen LogP contribution in [0.25, 0.3) is 10.9 Å². The molecule has 126 valence electrons. The molecule has 1 aliphatic rings. The maximum atomic E-state index is 12.1. The highest BCUT2D eigenvalue weighted by Crippen LogP contribution is 2.30. The molecule has 25 heavy (non-hydrogen) atoms. The third-order valence-corrected chi connectivity index (χ3v) is 4.66. The number of benzene rings is 2. The van der Waals surface area contributed by atoms with Crippen molar-refractivity contribution in [2.45, 2.75) is 19.3 Å². The van der Waals surface area contributed by atoms with Crippen LogP contribution in [-0.2, 0) is 17.6 Å². The number of carbonyl (C=O) groups excluding carboxylic acids is 1. The molecule has 0 spiro atoms. The van der Waals surface area contributed by atoms with Crippen LogP contribution in [0.1, 0.15) is 17.5 Å². The first-order chi connectivity index (χ1) is 12.2. The zero-order chi connectivity index (χ0) is 17.2. The van der Waals surface area contributed by atoms with Gasteiger partial charge in [0, 0.05) is 11.6 Å². The second kappa shape index (κ2) is 6.73. The Morgan fingerprint density at radius 1 is 1.12 bits per heavy atom. The number of carbonyl (C=O) groups is 1. The minimum atomic E-state index is -0.477. The lowest BCUT2D eigenvalue weighted by atomic mass is 10.1. The van der Waals surface area contributed by atoms with Crippen molar-refractivity contribution in [3.05, 3.63) is 64.8 Å². The molecule has 0 atom stereocenters. The monoisotopic (exact) mass is 353 g/mol. The molecule has 1 heterocycles. The second-order valence-electron chi connectivity index (χ2n) is 5.99. The standard InChI is InChI=1S/C20H16ClNO3/c21-17-8-9-18(20-16(17)5-2-10-22-20)25-19(23)12-24-15-7-6-13-3-1-4-14(13)11-15/h2,5-11H,1,3-4,12H2. The summed E-state index contributed by atoms with van der Waals surface area (Å²) in [6.45, 7) is -0.157. The SMILES string of the molecule is O=C(COc1ccc2c(c1)CCC2)Oc1ccc(Cl)c2cccnc12. The fraction of sp³-hybridized carbons (Fsp3) is 0.200. The Bertz CT molecular complexity index is 955. The van der Waals surface area contributed by atoms with Gasteiger partial charge in [0.2, 0.25) is 0 Å². The number of hydrogen-bond acceptors (Lipinski definition) is 4. The molecule has 0 saturated heterocycles. The number of aryl methyl sites for hydroxylation is 2. The van der Waals surface area contributed by atoms with Crippen molar-refractivity contribution in [2.75, 3.05) is 6.61 Å². The summed E-state index contributed by atoms with van der Waals surface area (Å²) in [6.07, 6.45) is 5.00. The summed E-state index contributed by atoms with van der Waals surface area (Å²) in [5, 5.41) is 1.31. The molecule has 3 aromatic rings. The summed E-state index contributed by atoms with van der Waals surface area (Å²) < 4.78 is 11.0. The minimum absolute atomic E-state index is 0.157. The van der Waals surface area contributed by atoms with Crippen molar-refractivity contribution >= 4 is 28.5 Å². The predicted octanol–water partition coefficient (Wildman–Crippen LogP) is 4.36. The average molecular weight is 354 g/mol. The van der Waals surface area contributed by atoms with E-state index in [9.17, 15) is 4.79 Å². The van der Waals surface area contributed by atoms with Crippen LogP contribution < -0.4 is 9.47 Å². The third kappa shape index (κ3) is 3.30. The number of fused-ring (bicyclic) bond motifs is 2. The molecule has 1 aromatic heterocycles. The highest BCUT2D eigenvalue weighted by Gasteiger charge is 2.14. The smallest absolute Gasteiger partial charge is 0.349 e. The molecule has 0 unspecified atom stereocenters. The van der Waals surface area contributed by atoms with Gasteiger partial charge in [-0.05, 0) is 66.8 Å². The van der Waals surface area contributed by atoms with Gasteiger partial charge in [-0.3, -0.25) is 4.98 Å². The lowest BCUT2D eigenvalue weighted by Gasteiger charge is -2.10. The molecule has 0 aliphatic heterocycles. The molecule has 0 N–H and O–H groups in total. The van der Waals surface area contributed by atoms with E-state index < -0.39 is 5.97 Å². The van der Waals surface area contributed by atoms with Gasteiger partial charge in [0.25, 0.3) is 0 Å². The molecule has 4 rings (SSSR count). The van der Waals surface area contributed by atoms with E-state index in [1.54, 1.807) is 24.4 Å². The molecule has 1 aliphatic carbocycles. The summed E-state index contributed by atoms with van der Waals surface area (Å²) in [6, 6.07) is 12.9. The number of halogens is 1. The highest BCUT2D eigenvalue weighted by atomic mass is 35.5. The Kier molecular flexibility index (Phi) is 4.28. The van der Waals surface area contributed by atoms with Gasteiger partial charge >= 0.3 is 5.97 Å². The molecule has 2 aromatic carbocycles. The first-order valence-corrected chi connectivity index (χ1v) is 8.57. The molecular weight excluding hydrogens is 338 g/mol. The van der Waals surface area contributed by atoms with Crippen LogP contribution in [0.15, 0.2) is 48.7 Å². The van der Waals surface area contributed by atoms with Gasteiger partial charge in [0.05, 0.1) is 5.02 Å². The van der Waals surface area contributed by atoms with E-state index in [1.165, 1.54) is 17.5 Å². The lowest BCUT2D eigenvalue weighted by molar-refractivity contribution is -0.136. The maximum absolute atomic E-state index is 12.1. The number of pyridine rings is 1. The minimum Gasteiger partial charge on any atom is -0.482 e. The van der Waals surface area contributed by atoms with Crippen LogP contribution >= 0.6 is 11.6 Å². The van der Waals surface area contributed by atoms with Crippen molar-refractivity contribution in [2.24, 2.45) is 0 Å². The zero-order valence-electron chi connectivity index (χ0n) is 13.5. The van der Waals surface area contributed by atoms with Crippen molar-refractivity contribution in [1.29, 1.82) is 0 Å². The molecule has 4 nitrogen and oxygen atoms in total. The van der Waals surface area contributed by atoms with E-state index >= 15 is 0 Å². The summed E-state index contributed by atoms with van der Waals surface area (Å²) in [5.74, 6) is 0.592. The first-order valence-electron chi connectivity index (χ1n) is 8.19. The average Bonchev–Trinajstić information content (AvgIpc) is 3.10. The quantitative estimate of drug-likeness (QED) is 0.516. The van der Waals surface area contributed by atoms with Crippen LogP contribution in [-0.4, -0.2) is 17.6 Å². The van der Waals surface area contributed by atoms with Crippen LogP contribution in [0, 0.1) is 0 Å². The summed E-state index contributed by atoms with van der Waals surface area (Å²) in [5.41, 5.74) is 3.23. The number of nitrogens with zero attached hydrogens (tertiary/aromatic N) is 1. The molecule has 0 bridgehead atoms. The Morgan fingerprint density at radius 2 is 2.00 bits per heavy atom. The highest BCUT2D eigenvalue weighted by molar-refractivity contribution is 6.35. The van der Waals surface area contributed by atoms with Crippen LogP contribution in [0.3, 0.4) is 0 Å². The maximum Gasteiger partial charge on any atom is 0.349 e. The van der Waals surface area contributed by atoms with Gasteiger partial charge < -0.3 is 9.47 Å². The number of esters is 1. The van der Waals surface area contributed by atoms with Crippen molar-refractivity contribution < 1.29 is 14.3 Å². The van der Waals surface area contributed by atoms with Gasteiger partial charge in [0.1, 0.15) is 11.3 Å². The lowest BCUT2D eigenvalue weighted by Crippen LogP contribution is -2.18. The number of ether oxygens (including phenoxy) is 2. The molecule has 0 amide bonds. The van der Waals surface area contributed by atoms with E-state index in [4.69, 9.17) is 21.1 Å². The predicted molar refractivity (Wildman–Crippen MR) is 96.4 cm³/mol. The fourth-order valence-corrected chi connectivity index (χ4v) is 3.34. The van der Waals surface area contributed by atoms with Crippen molar-refractivity contribution in [3.63, 3.8) is 0 Å². The topological polar surface area (TPSA) is 48.4 Å². The zero-order valence-corrected chi connectivity index (χ0v) is 14.3. The van der Waals surface area contributed by atoms with Crippen molar-refractivity contribution in [1.82, 2.24) is 4.98 Å². The van der Waals surface area contributed by atoms with Gasteiger partial charge in [-0.25, -0.2) is 4.79 Å². The van der Waals surface area contributed by atoms with E-state index in [0.29, 0.717) is 22.0 Å². The molecule has 5 heteroatoms. The summed E-state index contributed by atoms with van der Waals surface area (Å²) in [7, 11) is 0. The van der Waals surface area contributed by atoms with Gasteiger partial charge in [0.15, 0.2) is 12.4 Å². The summed E-state index contributed by atoms with van der Waals surface area (Å²) in [4.78, 5) is 16.4. The summed E-state index contributed by atoms with van der Waals surface area (Å²) >= 11 is 6.15. The van der Waals surface area contributed by atoms with Crippen LogP contribution in [0.2, 0.25) is 5.02 Å². The Morgan fingerprint density at radius 3 is 2.92 bits per heavy atom. The molecule has 0 fully saturated rings. The third-order valence-electron chi connectivity index (χ3n) is 4.33. The second-order valence-corrected chi connectivity index (χ2v) is 6.40. The number of hydrogen-bond donors (Lipinski definition) is 0. The molecule has 0 radical (unpaired) electrons. The normalized spacial score (nSPS) is 12.8. The van der Waals surface area contributed by atoms with E-state index in [2.05, 4.69) is 11.1 Å². The van der Waals surface area contributed by atoms with E-state index in [-0.39, 0.29) is 6.61 Å². The Labute approximate surface area is 150 Å². The fourth-order valence-electron chi connectivity index (χ4n) is 3.13. The van der Waals surface area contributed by atoms with Gasteiger partial charge in [-0.15, -0.1) is 0 Å². The van der Waals surface area contributed by atoms with E-state index in [1.807, 2.05) is 18.2 Å². The molecular formula is C20H16ClNO3. The first kappa shape index (κ1) is 15.9. The Hall–Kier alpha value is -2.59. The Balaban J connectivity index is 1.45. The molecule has 0 saturated carbocycles. The number of aromatic nitrogens is 1. The van der Waals surface area contributed by atoms with Crippen molar-refractivity contribution in [3.8, 4) is 11.5 Å². The van der Waals surface area contributed by atoms with Gasteiger partial charge in [-0.2, -0.15) is 0 Å². The van der Waals surface area contributed by atoms with Crippen LogP contribution in [0.5, 0.6) is 11.5 Å². The largest absolute Gasteiger partial charge is 0.482 e. The van der Waals surface area contributed by atoms with Crippen LogP contribution in [0.4, 0.5) is 0 Å². The number of rotatable bonds is 4. The van der Waals surface area contributed by atoms with Gasteiger partial charge in [-0.1, -0.05) is 17.7 Å².